The van der Waals surface area contributed by atoms with E-state index in [2.05, 4.69) is 15.1 Å². The van der Waals surface area contributed by atoms with E-state index in [1.54, 1.807) is 12.3 Å². The molecule has 0 bridgehead atoms. The summed E-state index contributed by atoms with van der Waals surface area (Å²) < 4.78 is 44.0. The first-order valence-corrected chi connectivity index (χ1v) is 12.9. The fourth-order valence-electron chi connectivity index (χ4n) is 4.88. The molecule has 0 radical (unpaired) electrons. The van der Waals surface area contributed by atoms with Crippen molar-refractivity contribution < 1.29 is 22.7 Å². The van der Waals surface area contributed by atoms with Gasteiger partial charge in [-0.3, -0.25) is 10.3 Å². The molecule has 5 nitrogen and oxygen atoms in total. The molecule has 3 aromatic carbocycles. The van der Waals surface area contributed by atoms with Gasteiger partial charge in [0.15, 0.2) is 0 Å². The van der Waals surface area contributed by atoms with E-state index in [1.165, 1.54) is 12.1 Å². The van der Waals surface area contributed by atoms with Crippen LogP contribution in [0.25, 0.3) is 16.0 Å². The van der Waals surface area contributed by atoms with Gasteiger partial charge in [0, 0.05) is 18.5 Å². The van der Waals surface area contributed by atoms with Crippen LogP contribution < -0.4 is 5.32 Å². The van der Waals surface area contributed by atoms with Gasteiger partial charge in [-0.15, -0.1) is 0 Å². The summed E-state index contributed by atoms with van der Waals surface area (Å²) in [6, 6.07) is 18.1. The lowest BCUT2D eigenvalue weighted by Gasteiger charge is -2.29. The van der Waals surface area contributed by atoms with Crippen molar-refractivity contribution in [3.8, 4) is 11.1 Å². The maximum absolute atomic E-state index is 12.9. The Bertz CT molecular complexity index is 1650. The van der Waals surface area contributed by atoms with Crippen LogP contribution in [0.1, 0.15) is 33.7 Å². The molecule has 0 aliphatic heterocycles. The number of ether oxygens (including phenoxy) is 1. The van der Waals surface area contributed by atoms with E-state index in [4.69, 9.17) is 34.5 Å². The van der Waals surface area contributed by atoms with E-state index in [0.29, 0.717) is 27.6 Å². The molecule has 0 saturated carbocycles. The Morgan fingerprint density at radius 1 is 1.07 bits per heavy atom. The Balaban J connectivity index is 1.36. The predicted octanol–water partition coefficient (Wildman–Crippen LogP) is 9.10. The Hall–Kier alpha value is -4.06. The van der Waals surface area contributed by atoms with Crippen LogP contribution in [0.5, 0.6) is 0 Å². The lowest BCUT2D eigenvalue weighted by molar-refractivity contribution is -0.137. The summed E-state index contributed by atoms with van der Waals surface area (Å²) in [5.74, 6) is -0.000850. The Kier molecular flexibility index (Phi) is 7.70. The number of nitrogens with zero attached hydrogens (tertiary/aromatic N) is 2. The number of anilines is 1. The van der Waals surface area contributed by atoms with Gasteiger partial charge in [0.1, 0.15) is 5.82 Å². The molecule has 1 atom stereocenters. The average molecular weight is 582 g/mol. The number of halogens is 5. The Morgan fingerprint density at radius 2 is 1.88 bits per heavy atom. The minimum atomic E-state index is -4.46. The highest BCUT2D eigenvalue weighted by molar-refractivity contribution is 6.42. The summed E-state index contributed by atoms with van der Waals surface area (Å²) in [5, 5.41) is 3.44. The Morgan fingerprint density at radius 3 is 2.62 bits per heavy atom. The van der Waals surface area contributed by atoms with Gasteiger partial charge in [0.2, 0.25) is 5.69 Å². The van der Waals surface area contributed by atoms with Crippen LogP contribution in [0.15, 0.2) is 72.9 Å². The summed E-state index contributed by atoms with van der Waals surface area (Å²) in [6.07, 6.45) is -3.04. The van der Waals surface area contributed by atoms with E-state index < -0.39 is 17.8 Å². The van der Waals surface area contributed by atoms with E-state index in [1.807, 2.05) is 36.4 Å². The van der Waals surface area contributed by atoms with Crippen molar-refractivity contribution in [2.24, 2.45) is 0 Å². The Labute approximate surface area is 238 Å². The molecule has 1 heterocycles. The fraction of sp³-hybridized carbons (Fsp3) is 0.167. The molecule has 4 aromatic rings. The number of amides is 1. The largest absolute Gasteiger partial charge is 0.449 e. The number of carbonyl (C=O) groups excluding carboxylic acids is 1. The zero-order valence-corrected chi connectivity index (χ0v) is 22.2. The molecular weight excluding hydrogens is 562 g/mol. The molecule has 1 amide bonds. The maximum atomic E-state index is 12.9. The highest BCUT2D eigenvalue weighted by atomic mass is 35.5. The minimum Gasteiger partial charge on any atom is -0.449 e. The quantitative estimate of drug-likeness (QED) is 0.239. The molecule has 1 aliphatic rings. The van der Waals surface area contributed by atoms with E-state index in [9.17, 15) is 18.0 Å². The number of benzene rings is 3. The van der Waals surface area contributed by atoms with Crippen LogP contribution in [-0.2, 0) is 23.8 Å². The molecule has 202 valence electrons. The second-order valence-corrected chi connectivity index (χ2v) is 10.0. The first-order chi connectivity index (χ1) is 19.2. The number of aromatic nitrogens is 1. The van der Waals surface area contributed by atoms with Crippen molar-refractivity contribution in [3.63, 3.8) is 0 Å². The molecule has 1 aliphatic carbocycles. The number of carbonyl (C=O) groups is 1. The van der Waals surface area contributed by atoms with Gasteiger partial charge in [-0.1, -0.05) is 71.7 Å². The van der Waals surface area contributed by atoms with Gasteiger partial charge in [-0.25, -0.2) is 9.64 Å². The molecule has 1 N–H and O–H groups in total. The van der Waals surface area contributed by atoms with Crippen molar-refractivity contribution in [1.29, 1.82) is 0 Å². The number of pyridine rings is 1. The normalized spacial score (nSPS) is 14.1. The van der Waals surface area contributed by atoms with Gasteiger partial charge >= 0.3 is 12.3 Å². The first kappa shape index (κ1) is 27.5. The van der Waals surface area contributed by atoms with Crippen molar-refractivity contribution in [1.82, 2.24) is 4.98 Å². The molecule has 1 unspecified atom stereocenters. The number of hydrogen-bond acceptors (Lipinski definition) is 3. The summed E-state index contributed by atoms with van der Waals surface area (Å²) in [4.78, 5) is 20.6. The predicted molar refractivity (Wildman–Crippen MR) is 148 cm³/mol. The first-order valence-electron chi connectivity index (χ1n) is 12.2. The monoisotopic (exact) mass is 581 g/mol. The second kappa shape index (κ2) is 11.2. The molecule has 0 fully saturated rings. The molecule has 5 rings (SSSR count). The zero-order chi connectivity index (χ0) is 28.4. The van der Waals surface area contributed by atoms with Crippen LogP contribution in [-0.4, -0.2) is 17.7 Å². The average Bonchev–Trinajstić information content (AvgIpc) is 2.94. The molecular formula is C30H20Cl2F3N3O2. The molecule has 0 saturated heterocycles. The highest BCUT2D eigenvalue weighted by Crippen LogP contribution is 2.48. The van der Waals surface area contributed by atoms with Gasteiger partial charge in [0.25, 0.3) is 0 Å². The minimum absolute atomic E-state index is 0.0422. The van der Waals surface area contributed by atoms with Crippen LogP contribution in [0.4, 0.5) is 29.5 Å². The second-order valence-electron chi connectivity index (χ2n) is 9.19. The number of fused-ring (bicyclic) bond motifs is 3. The van der Waals surface area contributed by atoms with Crippen molar-refractivity contribution in [2.75, 3.05) is 11.9 Å². The van der Waals surface area contributed by atoms with Crippen molar-refractivity contribution >= 4 is 40.8 Å². The fourth-order valence-corrected chi connectivity index (χ4v) is 5.18. The number of alkyl halides is 3. The van der Waals surface area contributed by atoms with Gasteiger partial charge in [-0.05, 0) is 58.0 Å². The van der Waals surface area contributed by atoms with Gasteiger partial charge in [0.05, 0.1) is 28.8 Å². The third kappa shape index (κ3) is 5.62. The van der Waals surface area contributed by atoms with Gasteiger partial charge in [-0.2, -0.15) is 13.2 Å². The smallest absolute Gasteiger partial charge is 0.416 e. The van der Waals surface area contributed by atoms with E-state index >= 15 is 0 Å². The number of hydrogen-bond donors (Lipinski definition) is 1. The van der Waals surface area contributed by atoms with Crippen LogP contribution in [0.2, 0.25) is 10.0 Å². The van der Waals surface area contributed by atoms with Gasteiger partial charge < -0.3 is 4.74 Å². The SMILES string of the molecule is [C-]#[N+]c1c(NC(=O)OCCc2cccc(C(F)(F)F)c2)ncc2c1-c1ccccc1C(c1ccc(Cl)c(Cl)c1)C2. The summed E-state index contributed by atoms with van der Waals surface area (Å²) >= 11 is 12.4. The summed E-state index contributed by atoms with van der Waals surface area (Å²) in [5.41, 5.74) is 4.12. The van der Waals surface area contributed by atoms with E-state index in [0.717, 1.165) is 34.4 Å². The summed E-state index contributed by atoms with van der Waals surface area (Å²) in [6.45, 7) is 7.71. The molecule has 1 aromatic heterocycles. The number of rotatable bonds is 5. The molecule has 10 heteroatoms. The molecule has 40 heavy (non-hydrogen) atoms. The van der Waals surface area contributed by atoms with Crippen LogP contribution >= 0.6 is 23.2 Å². The lowest BCUT2D eigenvalue weighted by atomic mass is 9.76. The zero-order valence-electron chi connectivity index (χ0n) is 20.7. The van der Waals surface area contributed by atoms with Crippen LogP contribution in [0.3, 0.4) is 0 Å². The van der Waals surface area contributed by atoms with Crippen LogP contribution in [0, 0.1) is 6.57 Å². The molecule has 0 spiro atoms. The maximum Gasteiger partial charge on any atom is 0.416 e. The third-order valence-electron chi connectivity index (χ3n) is 6.72. The van der Waals surface area contributed by atoms with E-state index in [-0.39, 0.29) is 30.5 Å². The van der Waals surface area contributed by atoms with Crippen molar-refractivity contribution in [2.45, 2.75) is 24.9 Å². The van der Waals surface area contributed by atoms with Crippen molar-refractivity contribution in [3.05, 3.63) is 122 Å². The third-order valence-corrected chi connectivity index (χ3v) is 7.46. The highest BCUT2D eigenvalue weighted by Gasteiger charge is 2.31. The standard InChI is InChI=1S/C30H20Cl2F3N3O2/c1-36-27-26-19(14-23(21-7-2-3-8-22(21)26)18-9-10-24(31)25(32)15-18)16-37-28(27)38-29(39)40-12-11-17-5-4-6-20(13-17)30(33,34)35/h2-10,13,15-16,23H,11-12,14H2,(H,37,38,39). The number of nitrogens with one attached hydrogen (secondary N) is 1. The summed E-state index contributed by atoms with van der Waals surface area (Å²) in [7, 11) is 0. The lowest BCUT2D eigenvalue weighted by Crippen LogP contribution is -2.18. The topological polar surface area (TPSA) is 55.6 Å².